The number of H-pyrrole nitrogens is 1. The first-order chi connectivity index (χ1) is 20.5. The Hall–Kier alpha value is -3.91. The van der Waals surface area contributed by atoms with Crippen molar-refractivity contribution in [1.29, 1.82) is 0 Å². The molecule has 0 bridgehead atoms. The molecule has 0 saturated carbocycles. The number of halogens is 1. The fourth-order valence-electron chi connectivity index (χ4n) is 5.61. The number of hydrogen-bond acceptors (Lipinski definition) is 9. The Kier molecular flexibility index (Phi) is 8.42. The van der Waals surface area contributed by atoms with E-state index >= 15 is 4.39 Å². The summed E-state index contributed by atoms with van der Waals surface area (Å²) in [6.07, 6.45) is 8.28. The van der Waals surface area contributed by atoms with E-state index in [1.165, 1.54) is 0 Å². The molecule has 2 saturated heterocycles. The van der Waals surface area contributed by atoms with E-state index in [1.54, 1.807) is 19.5 Å². The van der Waals surface area contributed by atoms with Gasteiger partial charge in [0.2, 0.25) is 11.9 Å². The van der Waals surface area contributed by atoms with Crippen LogP contribution in [0.15, 0.2) is 43.0 Å². The second-order valence-corrected chi connectivity index (χ2v) is 10.8. The average molecular weight is 578 g/mol. The number of anilines is 3. The predicted octanol–water partition coefficient (Wildman–Crippen LogP) is 3.26. The minimum absolute atomic E-state index is 0.147. The third-order valence-electron chi connectivity index (χ3n) is 8.00. The van der Waals surface area contributed by atoms with Crippen molar-refractivity contribution >= 4 is 34.1 Å². The minimum Gasteiger partial charge on any atom is -0.383 e. The highest BCUT2D eigenvalue weighted by Gasteiger charge is 2.29. The van der Waals surface area contributed by atoms with Gasteiger partial charge in [-0.25, -0.2) is 14.4 Å². The largest absolute Gasteiger partial charge is 0.383 e. The number of aromatic nitrogens is 5. The van der Waals surface area contributed by atoms with E-state index in [9.17, 15) is 4.79 Å². The van der Waals surface area contributed by atoms with E-state index in [2.05, 4.69) is 47.5 Å². The normalized spacial score (nSPS) is 17.9. The fourth-order valence-corrected chi connectivity index (χ4v) is 5.61. The van der Waals surface area contributed by atoms with Gasteiger partial charge < -0.3 is 30.0 Å². The Morgan fingerprint density at radius 1 is 1.21 bits per heavy atom. The highest BCUT2D eigenvalue weighted by Crippen LogP contribution is 2.33. The molecule has 12 nitrogen and oxygen atoms in total. The fraction of sp³-hybridized carbons (Fsp3) is 0.448. The highest BCUT2D eigenvalue weighted by molar-refractivity contribution is 6.06. The number of ether oxygens (including phenoxy) is 2. The maximum absolute atomic E-state index is 15.1. The van der Waals surface area contributed by atoms with Crippen molar-refractivity contribution in [2.45, 2.75) is 24.9 Å². The van der Waals surface area contributed by atoms with Crippen LogP contribution >= 0.6 is 0 Å². The topological polar surface area (TPSA) is 125 Å². The molecule has 0 radical (unpaired) electrons. The van der Waals surface area contributed by atoms with E-state index in [4.69, 9.17) is 9.47 Å². The molecule has 2 aliphatic heterocycles. The van der Waals surface area contributed by atoms with Crippen LogP contribution in [0.3, 0.4) is 0 Å². The smallest absolute Gasteiger partial charge is 0.244 e. The van der Waals surface area contributed by atoms with Crippen LogP contribution in [-0.2, 0) is 14.3 Å². The molecular formula is C29H36FN9O3. The Morgan fingerprint density at radius 3 is 2.81 bits per heavy atom. The van der Waals surface area contributed by atoms with Gasteiger partial charge in [0, 0.05) is 69.8 Å². The zero-order valence-electron chi connectivity index (χ0n) is 23.8. The Morgan fingerprint density at radius 2 is 2.02 bits per heavy atom. The molecule has 1 amide bonds. The number of likely N-dealkylation sites (N-methyl/N-ethyl adjacent to an activating group) is 1. The molecule has 3 aromatic heterocycles. The first-order valence-electron chi connectivity index (χ1n) is 14.2. The van der Waals surface area contributed by atoms with Gasteiger partial charge in [0.25, 0.3) is 0 Å². The van der Waals surface area contributed by atoms with Crippen molar-refractivity contribution in [2.24, 2.45) is 0 Å². The number of carbonyl (C=O) groups excluding carboxylic acids is 1. The molecule has 222 valence electrons. The van der Waals surface area contributed by atoms with E-state index in [1.807, 2.05) is 29.1 Å². The second kappa shape index (κ2) is 12.5. The van der Waals surface area contributed by atoms with Gasteiger partial charge in [-0.2, -0.15) is 5.10 Å². The third-order valence-corrected chi connectivity index (χ3v) is 8.00. The van der Waals surface area contributed by atoms with Crippen molar-refractivity contribution < 1.29 is 18.7 Å². The average Bonchev–Trinajstić information content (AvgIpc) is 3.66. The van der Waals surface area contributed by atoms with Crippen LogP contribution in [0, 0.1) is 5.82 Å². The van der Waals surface area contributed by atoms with Crippen LogP contribution in [0.4, 0.5) is 21.7 Å². The van der Waals surface area contributed by atoms with Crippen molar-refractivity contribution in [3.05, 3.63) is 48.8 Å². The number of fused-ring (bicyclic) bond motifs is 1. The number of nitrogens with one attached hydrogen (secondary N) is 3. The summed E-state index contributed by atoms with van der Waals surface area (Å²) in [5.74, 6) is -0.443. The molecular weight excluding hydrogens is 541 g/mol. The number of carbonyl (C=O) groups is 1. The molecule has 2 aliphatic rings. The van der Waals surface area contributed by atoms with Gasteiger partial charge in [0.05, 0.1) is 41.9 Å². The number of para-hydroxylation sites is 1. The van der Waals surface area contributed by atoms with E-state index in [0.717, 1.165) is 63.8 Å². The molecule has 2 fully saturated rings. The summed E-state index contributed by atoms with van der Waals surface area (Å²) >= 11 is 0. The molecule has 5 heterocycles. The van der Waals surface area contributed by atoms with Gasteiger partial charge in [-0.3, -0.25) is 14.4 Å². The summed E-state index contributed by atoms with van der Waals surface area (Å²) < 4.78 is 27.9. The van der Waals surface area contributed by atoms with Crippen molar-refractivity contribution in [3.8, 4) is 11.3 Å². The second-order valence-electron chi connectivity index (χ2n) is 10.8. The first kappa shape index (κ1) is 28.2. The minimum atomic E-state index is -0.552. The van der Waals surface area contributed by atoms with Gasteiger partial charge in [0.1, 0.15) is 11.7 Å². The summed E-state index contributed by atoms with van der Waals surface area (Å²) in [4.78, 5) is 29.7. The first-order valence-corrected chi connectivity index (χ1v) is 14.2. The quantitative estimate of drug-likeness (QED) is 0.275. The number of methoxy groups -OCH3 is 1. The zero-order valence-corrected chi connectivity index (χ0v) is 23.8. The third kappa shape index (κ3) is 6.00. The van der Waals surface area contributed by atoms with Gasteiger partial charge in [-0.15, -0.1) is 0 Å². The van der Waals surface area contributed by atoms with E-state index in [-0.39, 0.29) is 30.2 Å². The van der Waals surface area contributed by atoms with Crippen molar-refractivity contribution in [2.75, 3.05) is 70.8 Å². The summed E-state index contributed by atoms with van der Waals surface area (Å²) in [5.41, 5.74) is 2.71. The molecule has 0 aliphatic carbocycles. The number of amides is 1. The molecule has 42 heavy (non-hydrogen) atoms. The summed E-state index contributed by atoms with van der Waals surface area (Å²) in [5, 5.41) is 11.4. The number of benzene rings is 1. The van der Waals surface area contributed by atoms with Gasteiger partial charge >= 0.3 is 0 Å². The Balaban J connectivity index is 1.22. The number of aromatic amines is 1. The SMILES string of the molecule is COCC(C(=O)Nc1cccc2c(-c3nc(Nc4cnn(C5CCOCC5)c4)ncc3F)c[nH]c12)N1CCN(C)CC1. The maximum atomic E-state index is 15.1. The molecule has 4 aromatic rings. The summed E-state index contributed by atoms with van der Waals surface area (Å²) in [7, 11) is 3.68. The maximum Gasteiger partial charge on any atom is 0.244 e. The van der Waals surface area contributed by atoms with Gasteiger partial charge in [-0.05, 0) is 26.0 Å². The molecule has 6 rings (SSSR count). The summed E-state index contributed by atoms with van der Waals surface area (Å²) in [6, 6.07) is 5.40. The Labute approximate surface area is 243 Å². The molecule has 1 unspecified atom stereocenters. The summed E-state index contributed by atoms with van der Waals surface area (Å²) in [6.45, 7) is 5.08. The monoisotopic (exact) mass is 577 g/mol. The molecule has 1 aromatic carbocycles. The van der Waals surface area contributed by atoms with Crippen LogP contribution in [0.1, 0.15) is 18.9 Å². The van der Waals surface area contributed by atoms with Crippen molar-refractivity contribution in [1.82, 2.24) is 34.5 Å². The zero-order chi connectivity index (χ0) is 29.1. The number of hydrogen-bond donors (Lipinski definition) is 3. The number of piperazine rings is 1. The predicted molar refractivity (Wildman–Crippen MR) is 157 cm³/mol. The lowest BCUT2D eigenvalue weighted by molar-refractivity contribution is -0.124. The van der Waals surface area contributed by atoms with E-state index < -0.39 is 11.9 Å². The van der Waals surface area contributed by atoms with Crippen LogP contribution in [0.25, 0.3) is 22.2 Å². The molecule has 1 atom stereocenters. The molecule has 0 spiro atoms. The van der Waals surface area contributed by atoms with Crippen LogP contribution in [0.5, 0.6) is 0 Å². The number of rotatable bonds is 9. The van der Waals surface area contributed by atoms with Crippen molar-refractivity contribution in [3.63, 3.8) is 0 Å². The number of nitrogens with zero attached hydrogens (tertiary/aromatic N) is 6. The van der Waals surface area contributed by atoms with Gasteiger partial charge in [0.15, 0.2) is 5.82 Å². The van der Waals surface area contributed by atoms with E-state index in [0.29, 0.717) is 22.5 Å². The van der Waals surface area contributed by atoms with Crippen LogP contribution in [-0.4, -0.2) is 107 Å². The molecule has 3 N–H and O–H groups in total. The van der Waals surface area contributed by atoms with Crippen LogP contribution < -0.4 is 10.6 Å². The Bertz CT molecular complexity index is 1530. The lowest BCUT2D eigenvalue weighted by Crippen LogP contribution is -2.54. The van der Waals surface area contributed by atoms with Crippen LogP contribution in [0.2, 0.25) is 0 Å². The van der Waals surface area contributed by atoms with Gasteiger partial charge in [-0.1, -0.05) is 12.1 Å². The lowest BCUT2D eigenvalue weighted by Gasteiger charge is -2.36. The molecule has 13 heteroatoms. The standard InChI is InChI=1S/C29H36FN9O3/c1-37-8-10-38(11-9-37)25(18-41-2)28(40)35-24-5-3-4-21-22(15-31-27(21)24)26-23(30)16-32-29(36-26)34-19-14-33-39(17-19)20-6-12-42-13-7-20/h3-5,14-17,20,25,31H,6-13,18H2,1-2H3,(H,35,40)(H,32,34,36). The highest BCUT2D eigenvalue weighted by atomic mass is 19.1. The lowest BCUT2D eigenvalue weighted by atomic mass is 10.1.